The molecule has 0 aliphatic carbocycles. The van der Waals surface area contributed by atoms with Crippen molar-refractivity contribution in [1.29, 1.82) is 0 Å². The summed E-state index contributed by atoms with van der Waals surface area (Å²) in [6, 6.07) is 0.269. The lowest BCUT2D eigenvalue weighted by molar-refractivity contribution is -0.385. The molecule has 9 heteroatoms. The minimum absolute atomic E-state index is 0.0488. The van der Waals surface area contributed by atoms with Crippen molar-refractivity contribution in [1.82, 2.24) is 15.2 Å². The maximum atomic E-state index is 12.0. The SMILES string of the molecule is CC(NC(=O)c1cc(Cl)ncc1[N+](=O)[O-])C(=O)N(C)C. The number of nitro groups is 1. The van der Waals surface area contributed by atoms with Crippen molar-refractivity contribution in [2.24, 2.45) is 0 Å². The molecular weight excluding hydrogens is 288 g/mol. The normalized spacial score (nSPS) is 11.6. The Morgan fingerprint density at radius 3 is 2.60 bits per heavy atom. The Morgan fingerprint density at radius 2 is 2.10 bits per heavy atom. The van der Waals surface area contributed by atoms with E-state index in [2.05, 4.69) is 10.3 Å². The topological polar surface area (TPSA) is 105 Å². The highest BCUT2D eigenvalue weighted by molar-refractivity contribution is 6.29. The molecule has 1 aromatic heterocycles. The van der Waals surface area contributed by atoms with E-state index in [0.29, 0.717) is 0 Å². The lowest BCUT2D eigenvalue weighted by atomic mass is 10.2. The number of nitrogens with one attached hydrogen (secondary N) is 1. The van der Waals surface area contributed by atoms with Crippen LogP contribution in [0.3, 0.4) is 0 Å². The highest BCUT2D eigenvalue weighted by Gasteiger charge is 2.24. The van der Waals surface area contributed by atoms with E-state index < -0.39 is 22.6 Å². The third-order valence-corrected chi connectivity index (χ3v) is 2.66. The standard InChI is InChI=1S/C11H13ClN4O4/c1-6(11(18)15(2)3)14-10(17)7-4-9(12)13-5-8(7)16(19)20/h4-6H,1-3H3,(H,14,17). The first-order valence-electron chi connectivity index (χ1n) is 5.56. The molecule has 0 fully saturated rings. The average Bonchev–Trinajstić information content (AvgIpc) is 2.36. The number of aromatic nitrogens is 1. The second-order valence-corrected chi connectivity index (χ2v) is 4.60. The van der Waals surface area contributed by atoms with Gasteiger partial charge >= 0.3 is 0 Å². The molecule has 0 aromatic carbocycles. The van der Waals surface area contributed by atoms with Crippen LogP contribution in [-0.4, -0.2) is 46.8 Å². The first kappa shape index (κ1) is 15.8. The molecule has 1 heterocycles. The van der Waals surface area contributed by atoms with E-state index in [1.807, 2.05) is 0 Å². The minimum Gasteiger partial charge on any atom is -0.347 e. The summed E-state index contributed by atoms with van der Waals surface area (Å²) in [4.78, 5) is 38.6. The van der Waals surface area contributed by atoms with Gasteiger partial charge in [0, 0.05) is 14.1 Å². The number of nitrogens with zero attached hydrogens (tertiary/aromatic N) is 3. The fourth-order valence-corrected chi connectivity index (χ4v) is 1.63. The first-order chi connectivity index (χ1) is 9.23. The average molecular weight is 301 g/mol. The summed E-state index contributed by atoms with van der Waals surface area (Å²) < 4.78 is 0. The fourth-order valence-electron chi connectivity index (χ4n) is 1.47. The quantitative estimate of drug-likeness (QED) is 0.504. The van der Waals surface area contributed by atoms with Gasteiger partial charge in [-0.3, -0.25) is 19.7 Å². The number of pyridine rings is 1. The molecule has 0 saturated carbocycles. The minimum atomic E-state index is -0.816. The Hall–Kier alpha value is -2.22. The summed E-state index contributed by atoms with van der Waals surface area (Å²) in [6.45, 7) is 1.48. The number of carbonyl (C=O) groups excluding carboxylic acids is 2. The summed E-state index contributed by atoms with van der Waals surface area (Å²) >= 11 is 5.63. The molecule has 1 unspecified atom stereocenters. The molecule has 0 radical (unpaired) electrons. The van der Waals surface area contributed by atoms with E-state index in [9.17, 15) is 19.7 Å². The van der Waals surface area contributed by atoms with Crippen molar-refractivity contribution >= 4 is 29.1 Å². The summed E-state index contributed by atoms with van der Waals surface area (Å²) in [5, 5.41) is 13.2. The van der Waals surface area contributed by atoms with Gasteiger partial charge in [0.25, 0.3) is 11.6 Å². The van der Waals surface area contributed by atoms with Crippen LogP contribution in [0.25, 0.3) is 0 Å². The van der Waals surface area contributed by atoms with Gasteiger partial charge in [-0.25, -0.2) is 4.98 Å². The molecule has 0 bridgehead atoms. The van der Waals surface area contributed by atoms with Gasteiger partial charge in [0.15, 0.2) is 0 Å². The van der Waals surface area contributed by atoms with E-state index in [1.54, 1.807) is 0 Å². The van der Waals surface area contributed by atoms with Crippen LogP contribution in [0.15, 0.2) is 12.3 Å². The summed E-state index contributed by atoms with van der Waals surface area (Å²) in [5.74, 6) is -1.09. The van der Waals surface area contributed by atoms with Gasteiger partial charge in [-0.1, -0.05) is 11.6 Å². The van der Waals surface area contributed by atoms with E-state index in [0.717, 1.165) is 12.3 Å². The summed E-state index contributed by atoms with van der Waals surface area (Å²) in [6.07, 6.45) is 0.898. The van der Waals surface area contributed by atoms with Crippen LogP contribution in [0.1, 0.15) is 17.3 Å². The zero-order chi connectivity index (χ0) is 15.4. The molecule has 2 amide bonds. The first-order valence-corrected chi connectivity index (χ1v) is 5.93. The zero-order valence-electron chi connectivity index (χ0n) is 11.1. The molecular formula is C11H13ClN4O4. The van der Waals surface area contributed by atoms with Crippen LogP contribution in [0, 0.1) is 10.1 Å². The smallest absolute Gasteiger partial charge is 0.300 e. The number of likely N-dealkylation sites (N-methyl/N-ethyl adjacent to an activating group) is 1. The van der Waals surface area contributed by atoms with Crippen LogP contribution >= 0.6 is 11.6 Å². The third kappa shape index (κ3) is 3.64. The summed E-state index contributed by atoms with van der Waals surface area (Å²) in [7, 11) is 3.08. The molecule has 0 aliphatic rings. The van der Waals surface area contributed by atoms with E-state index in [4.69, 9.17) is 11.6 Å². The van der Waals surface area contributed by atoms with Crippen LogP contribution in [0.4, 0.5) is 5.69 Å². The van der Waals surface area contributed by atoms with Crippen molar-refractivity contribution in [2.45, 2.75) is 13.0 Å². The van der Waals surface area contributed by atoms with Gasteiger partial charge in [-0.15, -0.1) is 0 Å². The Balaban J connectivity index is 3.01. The Morgan fingerprint density at radius 1 is 1.50 bits per heavy atom. The second kappa shape index (κ2) is 6.29. The largest absolute Gasteiger partial charge is 0.347 e. The molecule has 1 aromatic rings. The second-order valence-electron chi connectivity index (χ2n) is 4.21. The maximum absolute atomic E-state index is 12.0. The van der Waals surface area contributed by atoms with Crippen molar-refractivity contribution in [3.05, 3.63) is 33.1 Å². The van der Waals surface area contributed by atoms with Crippen molar-refractivity contribution in [2.75, 3.05) is 14.1 Å². The van der Waals surface area contributed by atoms with Crippen molar-refractivity contribution in [3.63, 3.8) is 0 Å². The van der Waals surface area contributed by atoms with Gasteiger partial charge in [0.05, 0.1) is 4.92 Å². The zero-order valence-corrected chi connectivity index (χ0v) is 11.8. The molecule has 8 nitrogen and oxygen atoms in total. The van der Waals surface area contributed by atoms with Gasteiger partial charge < -0.3 is 10.2 Å². The van der Waals surface area contributed by atoms with Crippen LogP contribution in [-0.2, 0) is 4.79 Å². The van der Waals surface area contributed by atoms with E-state index in [-0.39, 0.29) is 16.6 Å². The van der Waals surface area contributed by atoms with Gasteiger partial charge in [0.2, 0.25) is 5.91 Å². The lowest BCUT2D eigenvalue weighted by Crippen LogP contribution is -2.44. The highest BCUT2D eigenvalue weighted by Crippen LogP contribution is 2.20. The van der Waals surface area contributed by atoms with Crippen molar-refractivity contribution < 1.29 is 14.5 Å². The molecule has 20 heavy (non-hydrogen) atoms. The van der Waals surface area contributed by atoms with Crippen LogP contribution in [0.2, 0.25) is 5.15 Å². The van der Waals surface area contributed by atoms with Gasteiger partial charge in [-0.2, -0.15) is 0 Å². The Bertz CT molecular complexity index is 561. The molecule has 0 aliphatic heterocycles. The number of hydrogen-bond acceptors (Lipinski definition) is 5. The highest BCUT2D eigenvalue weighted by atomic mass is 35.5. The number of amides is 2. The maximum Gasteiger partial charge on any atom is 0.300 e. The number of carbonyl (C=O) groups is 2. The number of rotatable bonds is 4. The fraction of sp³-hybridized carbons (Fsp3) is 0.364. The Kier molecular flexibility index (Phi) is 4.98. The summed E-state index contributed by atoms with van der Waals surface area (Å²) in [5.41, 5.74) is -0.718. The van der Waals surface area contributed by atoms with Gasteiger partial charge in [0.1, 0.15) is 23.0 Å². The molecule has 1 atom stereocenters. The monoisotopic (exact) mass is 300 g/mol. The van der Waals surface area contributed by atoms with Crippen LogP contribution < -0.4 is 5.32 Å². The predicted octanol–water partition coefficient (Wildman–Crippen LogP) is 0.850. The molecule has 1 rings (SSSR count). The van der Waals surface area contributed by atoms with E-state index >= 15 is 0 Å². The Labute approximate surface area is 119 Å². The van der Waals surface area contributed by atoms with Crippen LogP contribution in [0.5, 0.6) is 0 Å². The number of hydrogen-bond donors (Lipinski definition) is 1. The predicted molar refractivity (Wildman–Crippen MR) is 71.5 cm³/mol. The molecule has 108 valence electrons. The molecule has 1 N–H and O–H groups in total. The molecule has 0 saturated heterocycles. The third-order valence-electron chi connectivity index (χ3n) is 2.45. The van der Waals surface area contributed by atoms with Crippen molar-refractivity contribution in [3.8, 4) is 0 Å². The molecule has 0 spiro atoms. The van der Waals surface area contributed by atoms with E-state index in [1.165, 1.54) is 25.9 Å². The lowest BCUT2D eigenvalue weighted by Gasteiger charge is -2.17. The number of halogens is 1. The van der Waals surface area contributed by atoms with Gasteiger partial charge in [-0.05, 0) is 13.0 Å².